The van der Waals surface area contributed by atoms with E-state index in [2.05, 4.69) is 10.6 Å². The van der Waals surface area contributed by atoms with Crippen molar-refractivity contribution >= 4 is 23.4 Å². The predicted molar refractivity (Wildman–Crippen MR) is 133 cm³/mol. The van der Waals surface area contributed by atoms with Crippen molar-refractivity contribution < 1.29 is 14.4 Å². The summed E-state index contributed by atoms with van der Waals surface area (Å²) in [6.07, 6.45) is 3.39. The Morgan fingerprint density at radius 2 is 1.35 bits per heavy atom. The number of likely N-dealkylation sites (tertiary alicyclic amines) is 1. The van der Waals surface area contributed by atoms with Gasteiger partial charge in [-0.25, -0.2) is 0 Å². The molecule has 0 radical (unpaired) electrons. The molecule has 34 heavy (non-hydrogen) atoms. The summed E-state index contributed by atoms with van der Waals surface area (Å²) >= 11 is 0. The first-order valence-corrected chi connectivity index (χ1v) is 11.7. The van der Waals surface area contributed by atoms with Gasteiger partial charge in [0.25, 0.3) is 11.8 Å². The van der Waals surface area contributed by atoms with Crippen molar-refractivity contribution in [1.82, 2.24) is 10.2 Å². The van der Waals surface area contributed by atoms with Crippen LogP contribution in [0.3, 0.4) is 0 Å². The molecule has 3 aromatic carbocycles. The normalized spacial score (nSPS) is 13.2. The molecular formula is C28H29N3O3. The molecule has 1 saturated heterocycles. The van der Waals surface area contributed by atoms with E-state index in [-0.39, 0.29) is 24.1 Å². The van der Waals surface area contributed by atoms with Crippen molar-refractivity contribution in [2.75, 3.05) is 18.4 Å². The second-order valence-corrected chi connectivity index (χ2v) is 8.49. The first-order chi connectivity index (χ1) is 16.6. The third kappa shape index (κ3) is 6.10. The molecule has 0 spiro atoms. The van der Waals surface area contributed by atoms with Crippen LogP contribution in [0.2, 0.25) is 0 Å². The van der Waals surface area contributed by atoms with Gasteiger partial charge in [0.15, 0.2) is 0 Å². The average Bonchev–Trinajstić information content (AvgIpc) is 2.89. The van der Waals surface area contributed by atoms with Gasteiger partial charge in [0.2, 0.25) is 5.91 Å². The molecule has 1 fully saturated rings. The van der Waals surface area contributed by atoms with Crippen molar-refractivity contribution in [1.29, 1.82) is 0 Å². The van der Waals surface area contributed by atoms with Crippen LogP contribution in [0.4, 0.5) is 5.69 Å². The van der Waals surface area contributed by atoms with Gasteiger partial charge in [-0.2, -0.15) is 0 Å². The van der Waals surface area contributed by atoms with E-state index >= 15 is 0 Å². The zero-order valence-electron chi connectivity index (χ0n) is 19.1. The van der Waals surface area contributed by atoms with Crippen molar-refractivity contribution in [3.05, 3.63) is 101 Å². The summed E-state index contributed by atoms with van der Waals surface area (Å²) in [6, 6.07) is 23.9. The summed E-state index contributed by atoms with van der Waals surface area (Å²) in [5.74, 6) is -0.484. The highest BCUT2D eigenvalue weighted by Crippen LogP contribution is 2.18. The molecule has 6 heteroatoms. The van der Waals surface area contributed by atoms with Gasteiger partial charge in [-0.1, -0.05) is 54.6 Å². The minimum Gasteiger partial charge on any atom is -0.352 e. The Bertz CT molecular complexity index is 1140. The Kier molecular flexibility index (Phi) is 7.71. The van der Waals surface area contributed by atoms with E-state index < -0.39 is 0 Å². The summed E-state index contributed by atoms with van der Waals surface area (Å²) in [4.78, 5) is 40.0. The van der Waals surface area contributed by atoms with E-state index in [4.69, 9.17) is 0 Å². The molecule has 174 valence electrons. The molecule has 4 rings (SSSR count). The molecule has 1 heterocycles. The Hall–Kier alpha value is -3.93. The molecule has 1 aliphatic heterocycles. The Labute approximate surface area is 200 Å². The fourth-order valence-electron chi connectivity index (χ4n) is 4.08. The van der Waals surface area contributed by atoms with Gasteiger partial charge in [-0.15, -0.1) is 0 Å². The van der Waals surface area contributed by atoms with E-state index in [0.717, 1.165) is 43.5 Å². The number of rotatable bonds is 7. The summed E-state index contributed by atoms with van der Waals surface area (Å²) in [5, 5.41) is 5.79. The second-order valence-electron chi connectivity index (χ2n) is 8.49. The molecule has 0 aliphatic carbocycles. The van der Waals surface area contributed by atoms with Gasteiger partial charge in [-0.05, 0) is 54.7 Å². The fourth-order valence-corrected chi connectivity index (χ4v) is 4.08. The predicted octanol–water partition coefficient (Wildman–Crippen LogP) is 4.42. The quantitative estimate of drug-likeness (QED) is 0.553. The molecule has 2 N–H and O–H groups in total. The molecule has 0 saturated carbocycles. The van der Waals surface area contributed by atoms with Crippen LogP contribution in [0.25, 0.3) is 0 Å². The Morgan fingerprint density at radius 1 is 0.706 bits per heavy atom. The maximum Gasteiger partial charge on any atom is 0.256 e. The minimum absolute atomic E-state index is 0.0641. The van der Waals surface area contributed by atoms with E-state index in [1.54, 1.807) is 36.4 Å². The molecule has 3 aromatic rings. The van der Waals surface area contributed by atoms with Crippen molar-refractivity contribution in [3.8, 4) is 0 Å². The molecule has 3 amide bonds. The largest absolute Gasteiger partial charge is 0.352 e. The van der Waals surface area contributed by atoms with Crippen molar-refractivity contribution in [2.24, 2.45) is 0 Å². The number of nitrogens with one attached hydrogen (secondary N) is 2. The van der Waals surface area contributed by atoms with Crippen LogP contribution in [-0.2, 0) is 17.8 Å². The lowest BCUT2D eigenvalue weighted by molar-refractivity contribution is -0.120. The summed E-state index contributed by atoms with van der Waals surface area (Å²) < 4.78 is 0. The average molecular weight is 456 g/mol. The van der Waals surface area contributed by atoms with Crippen LogP contribution in [0, 0.1) is 0 Å². The van der Waals surface area contributed by atoms with E-state index in [1.165, 1.54) is 0 Å². The monoisotopic (exact) mass is 455 g/mol. The lowest BCUT2D eigenvalue weighted by Crippen LogP contribution is -2.36. The van der Waals surface area contributed by atoms with Gasteiger partial charge < -0.3 is 15.5 Å². The number of hydrogen-bond acceptors (Lipinski definition) is 3. The summed E-state index contributed by atoms with van der Waals surface area (Å²) in [6.45, 7) is 1.95. The number of anilines is 1. The van der Waals surface area contributed by atoms with Gasteiger partial charge in [-0.3, -0.25) is 14.4 Å². The van der Waals surface area contributed by atoms with Crippen LogP contribution in [0.1, 0.15) is 51.1 Å². The van der Waals surface area contributed by atoms with E-state index in [0.29, 0.717) is 23.4 Å². The third-order valence-electron chi connectivity index (χ3n) is 5.95. The number of carbonyl (C=O) groups excluding carboxylic acids is 3. The van der Waals surface area contributed by atoms with Crippen LogP contribution in [-0.4, -0.2) is 35.7 Å². The second kappa shape index (κ2) is 11.3. The molecule has 6 nitrogen and oxygen atoms in total. The SMILES string of the molecule is O=C(Cc1ccc(NC(=O)c2ccccc2C(=O)N2CCCCC2)cc1)NCc1ccccc1. The highest BCUT2D eigenvalue weighted by molar-refractivity contribution is 6.12. The molecule has 0 unspecified atom stereocenters. The molecular weight excluding hydrogens is 426 g/mol. The number of piperidine rings is 1. The minimum atomic E-state index is -0.325. The molecule has 0 atom stereocenters. The maximum atomic E-state index is 13.0. The van der Waals surface area contributed by atoms with E-state index in [9.17, 15) is 14.4 Å². The number of carbonyl (C=O) groups is 3. The first-order valence-electron chi connectivity index (χ1n) is 11.7. The zero-order valence-corrected chi connectivity index (χ0v) is 19.1. The number of nitrogens with zero attached hydrogens (tertiary/aromatic N) is 1. The lowest BCUT2D eigenvalue weighted by Gasteiger charge is -2.27. The zero-order chi connectivity index (χ0) is 23.8. The standard InChI is InChI=1S/C28H29N3O3/c32-26(29-20-22-9-3-1-4-10-22)19-21-13-15-23(16-14-21)30-27(33)24-11-5-6-12-25(24)28(34)31-17-7-2-8-18-31/h1,3-6,9-16H,2,7-8,17-20H2,(H,29,32)(H,30,33). The number of hydrogen-bond donors (Lipinski definition) is 2. The number of amides is 3. The van der Waals surface area contributed by atoms with Gasteiger partial charge in [0.1, 0.15) is 0 Å². The topological polar surface area (TPSA) is 78.5 Å². The lowest BCUT2D eigenvalue weighted by atomic mass is 10.0. The maximum absolute atomic E-state index is 13.0. The highest BCUT2D eigenvalue weighted by atomic mass is 16.2. The molecule has 0 aromatic heterocycles. The van der Waals surface area contributed by atoms with Crippen molar-refractivity contribution in [2.45, 2.75) is 32.2 Å². The fraction of sp³-hybridized carbons (Fsp3) is 0.250. The van der Waals surface area contributed by atoms with Crippen molar-refractivity contribution in [3.63, 3.8) is 0 Å². The Balaban J connectivity index is 1.35. The van der Waals surface area contributed by atoms with Crippen LogP contribution in [0.5, 0.6) is 0 Å². The third-order valence-corrected chi connectivity index (χ3v) is 5.95. The van der Waals surface area contributed by atoms with Gasteiger partial charge in [0.05, 0.1) is 17.5 Å². The first kappa shape index (κ1) is 23.2. The van der Waals surface area contributed by atoms with E-state index in [1.807, 2.05) is 47.4 Å². The number of benzene rings is 3. The molecule has 0 bridgehead atoms. The van der Waals surface area contributed by atoms with Gasteiger partial charge in [0, 0.05) is 25.3 Å². The summed E-state index contributed by atoms with van der Waals surface area (Å²) in [5.41, 5.74) is 3.30. The van der Waals surface area contributed by atoms with Crippen LogP contribution in [0.15, 0.2) is 78.9 Å². The van der Waals surface area contributed by atoms with Crippen LogP contribution < -0.4 is 10.6 Å². The Morgan fingerprint density at radius 3 is 2.06 bits per heavy atom. The molecule has 1 aliphatic rings. The smallest absolute Gasteiger partial charge is 0.256 e. The van der Waals surface area contributed by atoms with Gasteiger partial charge >= 0.3 is 0 Å². The highest BCUT2D eigenvalue weighted by Gasteiger charge is 2.23. The summed E-state index contributed by atoms with van der Waals surface area (Å²) in [7, 11) is 0. The van der Waals surface area contributed by atoms with Crippen LogP contribution >= 0.6 is 0 Å².